The number of carbonyl (C=O) groups excluding carboxylic acids is 1. The van der Waals surface area contributed by atoms with Gasteiger partial charge in [0.2, 0.25) is 0 Å². The van der Waals surface area contributed by atoms with Crippen LogP contribution in [0.5, 0.6) is 11.5 Å². The lowest BCUT2D eigenvalue weighted by atomic mass is 10.0. The molecule has 1 aromatic rings. The Hall–Kier alpha value is -1.16. The quantitative estimate of drug-likeness (QED) is 0.570. The number of ether oxygens (including phenoxy) is 1. The molecule has 0 aliphatic carbocycles. The number of ketones is 1. The van der Waals surface area contributed by atoms with Crippen LogP contribution in [0.2, 0.25) is 0 Å². The van der Waals surface area contributed by atoms with E-state index in [2.05, 4.69) is 12.9 Å². The van der Waals surface area contributed by atoms with Gasteiger partial charge in [0.15, 0.2) is 5.78 Å². The van der Waals surface area contributed by atoms with Gasteiger partial charge in [0.1, 0.15) is 11.5 Å². The van der Waals surface area contributed by atoms with Gasteiger partial charge in [-0.15, -0.1) is 0 Å². The highest BCUT2D eigenvalue weighted by Crippen LogP contribution is 2.34. The van der Waals surface area contributed by atoms with Gasteiger partial charge in [0.25, 0.3) is 0 Å². The molecule has 0 bridgehead atoms. The molecule has 0 aromatic heterocycles. The average Bonchev–Trinajstić information content (AvgIpc) is 2.20. The molecule has 1 aliphatic heterocycles. The van der Waals surface area contributed by atoms with Crippen LogP contribution in [0.25, 0.3) is 0 Å². The summed E-state index contributed by atoms with van der Waals surface area (Å²) in [6.07, 6.45) is 0.452. The van der Waals surface area contributed by atoms with Crippen molar-refractivity contribution < 1.29 is 13.7 Å². The van der Waals surface area contributed by atoms with E-state index in [4.69, 9.17) is 8.92 Å². The monoisotopic (exact) mass is 210 g/mol. The highest BCUT2D eigenvalue weighted by Gasteiger charge is 2.21. The fourth-order valence-electron chi connectivity index (χ4n) is 1.56. The fourth-order valence-corrected chi connectivity index (χ4v) is 1.76. The third-order valence-corrected chi connectivity index (χ3v) is 2.53. The largest absolute Gasteiger partial charge is 0.492 e. The van der Waals surface area contributed by atoms with Gasteiger partial charge in [0, 0.05) is 24.9 Å². The fraction of sp³-hybridized carbons (Fsp3) is 0.300. The van der Waals surface area contributed by atoms with Gasteiger partial charge in [-0.1, -0.05) is 0 Å². The summed E-state index contributed by atoms with van der Waals surface area (Å²) < 4.78 is 10.3. The Bertz CT molecular complexity index is 387. The molecule has 0 radical (unpaired) electrons. The number of Topliss-reactive ketones (excluding diaryl/α,β-unsaturated/α-hetero) is 1. The third-order valence-electron chi connectivity index (χ3n) is 2.33. The van der Waals surface area contributed by atoms with E-state index in [1.807, 2.05) is 6.92 Å². The Balaban J connectivity index is 2.57. The van der Waals surface area contributed by atoms with Crippen LogP contribution < -0.4 is 8.92 Å². The summed E-state index contributed by atoms with van der Waals surface area (Å²) in [5.41, 5.74) is 1.47. The van der Waals surface area contributed by atoms with E-state index in [1.54, 1.807) is 12.1 Å². The maximum atomic E-state index is 11.5. The van der Waals surface area contributed by atoms with Gasteiger partial charge in [-0.05, 0) is 19.1 Å². The summed E-state index contributed by atoms with van der Waals surface area (Å²) in [5, 5.41) is 0. The lowest BCUT2D eigenvalue weighted by Gasteiger charge is -2.19. The molecule has 0 atom stereocenters. The minimum atomic E-state index is 0.125. The Kier molecular flexibility index (Phi) is 2.37. The zero-order chi connectivity index (χ0) is 10.1. The Morgan fingerprint density at radius 2 is 2.29 bits per heavy atom. The molecule has 0 spiro atoms. The minimum Gasteiger partial charge on any atom is -0.492 e. The number of thiol groups is 1. The van der Waals surface area contributed by atoms with Crippen LogP contribution in [0.1, 0.15) is 22.3 Å². The van der Waals surface area contributed by atoms with Gasteiger partial charge < -0.3 is 8.92 Å². The van der Waals surface area contributed by atoms with Crippen molar-refractivity contribution in [1.29, 1.82) is 0 Å². The van der Waals surface area contributed by atoms with E-state index in [0.29, 0.717) is 30.1 Å². The van der Waals surface area contributed by atoms with Gasteiger partial charge in [0.05, 0.1) is 12.2 Å². The molecule has 0 amide bonds. The molecule has 14 heavy (non-hydrogen) atoms. The maximum absolute atomic E-state index is 11.5. The van der Waals surface area contributed by atoms with E-state index < -0.39 is 0 Å². The molecule has 1 aliphatic rings. The van der Waals surface area contributed by atoms with E-state index in [0.717, 1.165) is 5.56 Å². The predicted molar refractivity (Wildman–Crippen MR) is 55.2 cm³/mol. The first kappa shape index (κ1) is 9.40. The first-order valence-corrected chi connectivity index (χ1v) is 4.71. The molecule has 2 rings (SSSR count). The second-order valence-electron chi connectivity index (χ2n) is 3.18. The van der Waals surface area contributed by atoms with Crippen LogP contribution in [0.3, 0.4) is 0 Å². The molecule has 0 N–H and O–H groups in total. The first-order chi connectivity index (χ1) is 6.74. The Labute approximate surface area is 87.6 Å². The summed E-state index contributed by atoms with van der Waals surface area (Å²) in [7, 11) is 0. The highest BCUT2D eigenvalue weighted by atomic mass is 32.1. The van der Waals surface area contributed by atoms with Gasteiger partial charge >= 0.3 is 0 Å². The molecule has 4 heteroatoms. The highest BCUT2D eigenvalue weighted by molar-refractivity contribution is 7.75. The van der Waals surface area contributed by atoms with E-state index in [9.17, 15) is 4.79 Å². The molecule has 0 unspecified atom stereocenters. The van der Waals surface area contributed by atoms with Crippen molar-refractivity contribution in [2.24, 2.45) is 0 Å². The van der Waals surface area contributed by atoms with Crippen molar-refractivity contribution in [1.82, 2.24) is 0 Å². The van der Waals surface area contributed by atoms with Gasteiger partial charge in [-0.2, -0.15) is 0 Å². The van der Waals surface area contributed by atoms with Crippen LogP contribution in [0.4, 0.5) is 0 Å². The molecule has 0 fully saturated rings. The van der Waals surface area contributed by atoms with Crippen molar-refractivity contribution in [3.8, 4) is 11.5 Å². The zero-order valence-corrected chi connectivity index (χ0v) is 8.64. The standard InChI is InChI=1S/C10H10O3S/c1-6-9(13-14)3-2-7-8(11)4-5-12-10(6)7/h2-3,14H,4-5H2,1H3. The Morgan fingerprint density at radius 1 is 1.50 bits per heavy atom. The Morgan fingerprint density at radius 3 is 3.00 bits per heavy atom. The van der Waals surface area contributed by atoms with Crippen LogP contribution >= 0.6 is 12.9 Å². The molecular formula is C10H10O3S. The summed E-state index contributed by atoms with van der Waals surface area (Å²) >= 11 is 3.73. The molecule has 3 nitrogen and oxygen atoms in total. The molecule has 1 heterocycles. The number of fused-ring (bicyclic) bond motifs is 1. The lowest BCUT2D eigenvalue weighted by Crippen LogP contribution is -2.16. The van der Waals surface area contributed by atoms with Crippen molar-refractivity contribution >= 4 is 18.7 Å². The van der Waals surface area contributed by atoms with E-state index >= 15 is 0 Å². The number of rotatable bonds is 1. The number of hydrogen-bond donors (Lipinski definition) is 1. The normalized spacial score (nSPS) is 14.6. The average molecular weight is 210 g/mol. The first-order valence-electron chi connectivity index (χ1n) is 4.35. The topological polar surface area (TPSA) is 35.5 Å². The third kappa shape index (κ3) is 1.35. The molecule has 1 aromatic carbocycles. The van der Waals surface area contributed by atoms with Gasteiger partial charge in [-0.25, -0.2) is 0 Å². The smallest absolute Gasteiger partial charge is 0.170 e. The van der Waals surface area contributed by atoms with Crippen LogP contribution in [0.15, 0.2) is 12.1 Å². The second kappa shape index (κ2) is 3.53. The maximum Gasteiger partial charge on any atom is 0.170 e. The van der Waals surface area contributed by atoms with E-state index in [-0.39, 0.29) is 5.78 Å². The summed E-state index contributed by atoms with van der Waals surface area (Å²) in [6, 6.07) is 3.45. The van der Waals surface area contributed by atoms with Crippen LogP contribution in [-0.2, 0) is 0 Å². The van der Waals surface area contributed by atoms with Gasteiger partial charge in [-0.3, -0.25) is 4.79 Å². The van der Waals surface area contributed by atoms with Crippen molar-refractivity contribution in [3.05, 3.63) is 23.3 Å². The van der Waals surface area contributed by atoms with Crippen LogP contribution in [-0.4, -0.2) is 12.4 Å². The molecular weight excluding hydrogens is 200 g/mol. The zero-order valence-electron chi connectivity index (χ0n) is 7.74. The molecule has 0 saturated carbocycles. The summed E-state index contributed by atoms with van der Waals surface area (Å²) in [5.74, 6) is 1.38. The van der Waals surface area contributed by atoms with Crippen molar-refractivity contribution in [3.63, 3.8) is 0 Å². The summed E-state index contributed by atoms with van der Waals surface area (Å²) in [6.45, 7) is 2.30. The van der Waals surface area contributed by atoms with Crippen molar-refractivity contribution in [2.75, 3.05) is 6.61 Å². The van der Waals surface area contributed by atoms with E-state index in [1.165, 1.54) is 0 Å². The molecule has 0 saturated heterocycles. The number of hydrogen-bond acceptors (Lipinski definition) is 4. The SMILES string of the molecule is Cc1c(OS)ccc2c1OCCC2=O. The lowest BCUT2D eigenvalue weighted by molar-refractivity contribution is 0.0933. The van der Waals surface area contributed by atoms with Crippen molar-refractivity contribution in [2.45, 2.75) is 13.3 Å². The second-order valence-corrected chi connectivity index (χ2v) is 3.36. The number of carbonyl (C=O) groups is 1. The number of benzene rings is 1. The van der Waals surface area contributed by atoms with Crippen LogP contribution in [0, 0.1) is 6.92 Å². The summed E-state index contributed by atoms with van der Waals surface area (Å²) in [4.78, 5) is 11.5. The molecule has 74 valence electrons. The minimum absolute atomic E-state index is 0.125. The predicted octanol–water partition coefficient (Wildman–Crippen LogP) is 2.18.